The van der Waals surface area contributed by atoms with E-state index in [0.717, 1.165) is 13.1 Å². The lowest BCUT2D eigenvalue weighted by molar-refractivity contribution is -0.144. The van der Waals surface area contributed by atoms with E-state index in [4.69, 9.17) is 19.3 Å². The summed E-state index contributed by atoms with van der Waals surface area (Å²) >= 11 is 0. The smallest absolute Gasteiger partial charge is 0.322 e. The van der Waals surface area contributed by atoms with Crippen LogP contribution in [0.25, 0.3) is 0 Å². The van der Waals surface area contributed by atoms with Gasteiger partial charge in [0.15, 0.2) is 0 Å². The molecule has 1 aliphatic heterocycles. The normalized spacial score (nSPS) is 20.6. The maximum absolute atomic E-state index is 11.0. The molecule has 1 rings (SSSR count). The quantitative estimate of drug-likeness (QED) is 0.497. The van der Waals surface area contributed by atoms with Crippen LogP contribution in [0.15, 0.2) is 0 Å². The van der Waals surface area contributed by atoms with Crippen LogP contribution in [0.1, 0.15) is 0 Å². The van der Waals surface area contributed by atoms with Crippen molar-refractivity contribution in [2.75, 3.05) is 66.3 Å². The third-order valence-electron chi connectivity index (χ3n) is 2.97. The number of carbonyl (C=O) groups is 1. The molecule has 0 radical (unpaired) electrons. The molecule has 1 atom stereocenters. The first-order valence-electron chi connectivity index (χ1n) is 6.57. The van der Waals surface area contributed by atoms with Crippen LogP contribution in [0.2, 0.25) is 0 Å². The summed E-state index contributed by atoms with van der Waals surface area (Å²) in [4.78, 5) is 13.0. The van der Waals surface area contributed by atoms with Gasteiger partial charge in [-0.1, -0.05) is 0 Å². The van der Waals surface area contributed by atoms with Gasteiger partial charge >= 0.3 is 5.97 Å². The summed E-state index contributed by atoms with van der Waals surface area (Å²) in [7, 11) is 1.63. The summed E-state index contributed by atoms with van der Waals surface area (Å²) < 4.78 is 15.5. The zero-order valence-corrected chi connectivity index (χ0v) is 11.5. The predicted molar refractivity (Wildman–Crippen MR) is 69.4 cm³/mol. The van der Waals surface area contributed by atoms with Crippen LogP contribution in [0.4, 0.5) is 0 Å². The minimum Gasteiger partial charge on any atom is -0.480 e. The lowest BCUT2D eigenvalue weighted by Gasteiger charge is -2.33. The van der Waals surface area contributed by atoms with Crippen molar-refractivity contribution >= 4 is 5.97 Å². The van der Waals surface area contributed by atoms with Crippen molar-refractivity contribution in [3.05, 3.63) is 0 Å². The van der Waals surface area contributed by atoms with Crippen molar-refractivity contribution in [1.29, 1.82) is 0 Å². The van der Waals surface area contributed by atoms with Crippen LogP contribution in [0, 0.1) is 0 Å². The molecule has 0 aromatic heterocycles. The molecule has 1 unspecified atom stereocenters. The Hall–Kier alpha value is -0.730. The summed E-state index contributed by atoms with van der Waals surface area (Å²) in [6.07, 6.45) is 0. The van der Waals surface area contributed by atoms with Crippen LogP contribution >= 0.6 is 0 Å². The van der Waals surface area contributed by atoms with Crippen molar-refractivity contribution in [1.82, 2.24) is 10.2 Å². The number of nitrogens with zero attached hydrogens (tertiary/aromatic N) is 1. The molecule has 0 spiro atoms. The Morgan fingerprint density at radius 2 is 1.95 bits per heavy atom. The Bertz CT molecular complexity index is 252. The molecule has 112 valence electrons. The molecule has 0 amide bonds. The zero-order chi connectivity index (χ0) is 13.9. The highest BCUT2D eigenvalue weighted by atomic mass is 16.5. The van der Waals surface area contributed by atoms with Crippen LogP contribution in [-0.4, -0.2) is 88.3 Å². The van der Waals surface area contributed by atoms with E-state index < -0.39 is 12.0 Å². The van der Waals surface area contributed by atoms with E-state index in [1.54, 1.807) is 7.11 Å². The second-order valence-electron chi connectivity index (χ2n) is 4.31. The average Bonchev–Trinajstić information content (AvgIpc) is 2.42. The van der Waals surface area contributed by atoms with Crippen molar-refractivity contribution in [2.45, 2.75) is 6.04 Å². The molecule has 1 aliphatic rings. The average molecular weight is 276 g/mol. The van der Waals surface area contributed by atoms with E-state index in [1.807, 2.05) is 4.90 Å². The molecule has 0 aromatic carbocycles. The minimum atomic E-state index is -0.782. The van der Waals surface area contributed by atoms with Crippen molar-refractivity contribution in [3.63, 3.8) is 0 Å². The van der Waals surface area contributed by atoms with Gasteiger partial charge in [-0.2, -0.15) is 0 Å². The van der Waals surface area contributed by atoms with Gasteiger partial charge in [0.1, 0.15) is 6.04 Å². The second-order valence-corrected chi connectivity index (χ2v) is 4.31. The SMILES string of the molecule is COCCOCCOCCN1CCNCC1C(=O)O. The van der Waals surface area contributed by atoms with Gasteiger partial charge in [0.05, 0.1) is 33.0 Å². The first kappa shape index (κ1) is 16.3. The molecule has 7 heteroatoms. The monoisotopic (exact) mass is 276 g/mol. The Morgan fingerprint density at radius 3 is 2.63 bits per heavy atom. The van der Waals surface area contributed by atoms with E-state index in [9.17, 15) is 4.79 Å². The molecule has 1 saturated heterocycles. The molecule has 7 nitrogen and oxygen atoms in total. The van der Waals surface area contributed by atoms with Crippen LogP contribution in [-0.2, 0) is 19.0 Å². The molecular weight excluding hydrogens is 252 g/mol. The molecule has 0 aromatic rings. The van der Waals surface area contributed by atoms with E-state index in [1.165, 1.54) is 0 Å². The molecule has 1 heterocycles. The largest absolute Gasteiger partial charge is 0.480 e. The van der Waals surface area contributed by atoms with Gasteiger partial charge in [-0.3, -0.25) is 9.69 Å². The van der Waals surface area contributed by atoms with Gasteiger partial charge < -0.3 is 24.6 Å². The van der Waals surface area contributed by atoms with E-state index in [2.05, 4.69) is 5.32 Å². The summed E-state index contributed by atoms with van der Waals surface area (Å²) in [6.45, 7) is 5.43. The third kappa shape index (κ3) is 6.84. The first-order chi connectivity index (χ1) is 9.25. The summed E-state index contributed by atoms with van der Waals surface area (Å²) in [6, 6.07) is -0.449. The predicted octanol–water partition coefficient (Wildman–Crippen LogP) is -0.976. The number of methoxy groups -OCH3 is 1. The van der Waals surface area contributed by atoms with Gasteiger partial charge in [-0.15, -0.1) is 0 Å². The zero-order valence-electron chi connectivity index (χ0n) is 11.5. The number of rotatable bonds is 10. The maximum Gasteiger partial charge on any atom is 0.322 e. The highest BCUT2D eigenvalue weighted by Crippen LogP contribution is 2.03. The Morgan fingerprint density at radius 1 is 1.26 bits per heavy atom. The number of piperazine rings is 1. The number of carboxylic acids is 1. The van der Waals surface area contributed by atoms with Gasteiger partial charge in [0.25, 0.3) is 0 Å². The number of hydrogen-bond donors (Lipinski definition) is 2. The van der Waals surface area contributed by atoms with Crippen LogP contribution in [0.3, 0.4) is 0 Å². The molecule has 1 fully saturated rings. The van der Waals surface area contributed by atoms with Crippen molar-refractivity contribution < 1.29 is 24.1 Å². The van der Waals surface area contributed by atoms with Gasteiger partial charge in [0.2, 0.25) is 0 Å². The fourth-order valence-corrected chi connectivity index (χ4v) is 1.90. The number of hydrogen-bond acceptors (Lipinski definition) is 6. The number of aliphatic carboxylic acids is 1. The highest BCUT2D eigenvalue weighted by Gasteiger charge is 2.27. The second kappa shape index (κ2) is 10.1. The van der Waals surface area contributed by atoms with Gasteiger partial charge in [-0.05, 0) is 0 Å². The van der Waals surface area contributed by atoms with E-state index in [0.29, 0.717) is 46.1 Å². The standard InChI is InChI=1S/C12H24N2O5/c1-17-6-7-19-9-8-18-5-4-14-3-2-13-10-11(14)12(15)16/h11,13H,2-10H2,1H3,(H,15,16). The Labute approximate surface area is 113 Å². The molecule has 2 N–H and O–H groups in total. The van der Waals surface area contributed by atoms with Crippen LogP contribution in [0.5, 0.6) is 0 Å². The summed E-state index contributed by atoms with van der Waals surface area (Å²) in [5, 5.41) is 12.2. The highest BCUT2D eigenvalue weighted by molar-refractivity contribution is 5.73. The Kier molecular flexibility index (Phi) is 8.68. The summed E-state index contributed by atoms with van der Waals surface area (Å²) in [5.41, 5.74) is 0. The van der Waals surface area contributed by atoms with E-state index in [-0.39, 0.29) is 0 Å². The van der Waals surface area contributed by atoms with Crippen molar-refractivity contribution in [2.24, 2.45) is 0 Å². The maximum atomic E-state index is 11.0. The topological polar surface area (TPSA) is 80.3 Å². The lowest BCUT2D eigenvalue weighted by Crippen LogP contribution is -2.55. The number of carboxylic acid groups (broad SMARTS) is 1. The third-order valence-corrected chi connectivity index (χ3v) is 2.97. The molecule has 0 bridgehead atoms. The van der Waals surface area contributed by atoms with Crippen molar-refractivity contribution in [3.8, 4) is 0 Å². The van der Waals surface area contributed by atoms with Gasteiger partial charge in [-0.25, -0.2) is 0 Å². The first-order valence-corrected chi connectivity index (χ1v) is 6.57. The molecule has 0 aliphatic carbocycles. The van der Waals surface area contributed by atoms with Crippen LogP contribution < -0.4 is 5.32 Å². The molecule has 0 saturated carbocycles. The van der Waals surface area contributed by atoms with Gasteiger partial charge in [0, 0.05) is 33.3 Å². The summed E-state index contributed by atoms with van der Waals surface area (Å²) in [5.74, 6) is -0.782. The fourth-order valence-electron chi connectivity index (χ4n) is 1.90. The molecule has 19 heavy (non-hydrogen) atoms. The minimum absolute atomic E-state index is 0.449. The lowest BCUT2D eigenvalue weighted by atomic mass is 10.2. The number of ether oxygens (including phenoxy) is 3. The Balaban J connectivity index is 2.02. The number of nitrogens with one attached hydrogen (secondary N) is 1. The molecular formula is C12H24N2O5. The fraction of sp³-hybridized carbons (Fsp3) is 0.917. The van der Waals surface area contributed by atoms with E-state index >= 15 is 0 Å².